The Balaban J connectivity index is 2.63. The summed E-state index contributed by atoms with van der Waals surface area (Å²) in [7, 11) is 0. The maximum atomic E-state index is 4.60. The van der Waals surface area contributed by atoms with Crippen LogP contribution in [0.2, 0.25) is 0 Å². The molecule has 0 amide bonds. The molecule has 19 heavy (non-hydrogen) atoms. The van der Waals surface area contributed by atoms with Crippen molar-refractivity contribution in [1.29, 1.82) is 0 Å². The van der Waals surface area contributed by atoms with Crippen molar-refractivity contribution >= 4 is 0 Å². The largest absolute Gasteiger partial charge is 0.313 e. The van der Waals surface area contributed by atoms with Crippen molar-refractivity contribution in [3.05, 3.63) is 29.6 Å². The Morgan fingerprint density at radius 3 is 2.47 bits per heavy atom. The van der Waals surface area contributed by atoms with Gasteiger partial charge >= 0.3 is 0 Å². The average molecular weight is 262 g/mol. The van der Waals surface area contributed by atoms with Gasteiger partial charge in [0.25, 0.3) is 0 Å². The average Bonchev–Trinajstić information content (AvgIpc) is 2.44. The third-order valence-corrected chi connectivity index (χ3v) is 3.81. The van der Waals surface area contributed by atoms with Crippen molar-refractivity contribution in [2.24, 2.45) is 5.92 Å². The van der Waals surface area contributed by atoms with E-state index in [1.807, 2.05) is 6.20 Å². The highest BCUT2D eigenvalue weighted by Crippen LogP contribution is 2.15. The Morgan fingerprint density at radius 2 is 1.95 bits per heavy atom. The summed E-state index contributed by atoms with van der Waals surface area (Å²) in [5.41, 5.74) is 2.54. The van der Waals surface area contributed by atoms with Crippen molar-refractivity contribution in [2.75, 3.05) is 6.54 Å². The van der Waals surface area contributed by atoms with Crippen LogP contribution in [0.1, 0.15) is 58.2 Å². The Hall–Kier alpha value is -0.890. The van der Waals surface area contributed by atoms with Crippen molar-refractivity contribution < 1.29 is 0 Å². The Labute approximate surface area is 119 Å². The van der Waals surface area contributed by atoms with Gasteiger partial charge in [-0.05, 0) is 43.4 Å². The lowest BCUT2D eigenvalue weighted by Gasteiger charge is -2.25. The van der Waals surface area contributed by atoms with Crippen LogP contribution in [0.25, 0.3) is 0 Å². The molecule has 108 valence electrons. The minimum absolute atomic E-state index is 0.555. The maximum Gasteiger partial charge on any atom is 0.0419 e. The molecule has 1 rings (SSSR count). The molecular weight excluding hydrogens is 232 g/mol. The van der Waals surface area contributed by atoms with Crippen molar-refractivity contribution in [3.63, 3.8) is 0 Å². The number of aryl methyl sites for hydroxylation is 1. The van der Waals surface area contributed by atoms with Gasteiger partial charge in [-0.1, -0.05) is 40.2 Å². The van der Waals surface area contributed by atoms with E-state index in [2.05, 4.69) is 50.1 Å². The fourth-order valence-electron chi connectivity index (χ4n) is 2.47. The number of hydrogen-bond acceptors (Lipinski definition) is 2. The molecule has 0 aliphatic carbocycles. The number of aromatic nitrogens is 1. The van der Waals surface area contributed by atoms with Crippen LogP contribution in [-0.4, -0.2) is 17.6 Å². The molecule has 0 saturated heterocycles. The minimum Gasteiger partial charge on any atom is -0.313 e. The number of hydrogen-bond donors (Lipinski definition) is 1. The van der Waals surface area contributed by atoms with E-state index in [9.17, 15) is 0 Å². The summed E-state index contributed by atoms with van der Waals surface area (Å²) in [6, 6.07) is 4.96. The van der Waals surface area contributed by atoms with Crippen LogP contribution in [0.5, 0.6) is 0 Å². The third-order valence-electron chi connectivity index (χ3n) is 3.81. The zero-order chi connectivity index (χ0) is 14.1. The number of pyridine rings is 1. The molecule has 0 saturated carbocycles. The van der Waals surface area contributed by atoms with E-state index < -0.39 is 0 Å². The molecule has 0 bridgehead atoms. The molecule has 0 radical (unpaired) electrons. The molecule has 2 atom stereocenters. The van der Waals surface area contributed by atoms with E-state index in [1.54, 1.807) is 0 Å². The molecule has 0 spiro atoms. The van der Waals surface area contributed by atoms with Gasteiger partial charge < -0.3 is 5.32 Å². The highest BCUT2D eigenvalue weighted by molar-refractivity contribution is 5.14. The van der Waals surface area contributed by atoms with E-state index in [4.69, 9.17) is 0 Å². The molecule has 2 unspecified atom stereocenters. The van der Waals surface area contributed by atoms with Gasteiger partial charge in [0, 0.05) is 24.4 Å². The molecular formula is C17H30N2. The van der Waals surface area contributed by atoms with Crippen LogP contribution < -0.4 is 5.32 Å². The Kier molecular flexibility index (Phi) is 7.73. The first-order valence-corrected chi connectivity index (χ1v) is 7.88. The van der Waals surface area contributed by atoms with Gasteiger partial charge in [-0.2, -0.15) is 0 Å². The van der Waals surface area contributed by atoms with Gasteiger partial charge in [-0.25, -0.2) is 0 Å². The monoisotopic (exact) mass is 262 g/mol. The van der Waals surface area contributed by atoms with Gasteiger partial charge in [-0.15, -0.1) is 0 Å². The van der Waals surface area contributed by atoms with E-state index in [0.29, 0.717) is 12.0 Å². The number of rotatable bonds is 9. The molecule has 1 aromatic heterocycles. The second-order valence-electron chi connectivity index (χ2n) is 5.54. The molecule has 1 N–H and O–H groups in total. The number of nitrogens with one attached hydrogen (secondary N) is 1. The number of nitrogens with zero attached hydrogens (tertiary/aromatic N) is 1. The summed E-state index contributed by atoms with van der Waals surface area (Å²) in [6.45, 7) is 10.1. The van der Waals surface area contributed by atoms with Crippen LogP contribution >= 0.6 is 0 Å². The first-order chi connectivity index (χ1) is 9.21. The molecule has 0 aliphatic rings. The van der Waals surface area contributed by atoms with Gasteiger partial charge in [0.2, 0.25) is 0 Å². The predicted octanol–water partition coefficient (Wildman–Crippen LogP) is 3.99. The Bertz CT molecular complexity index is 332. The quantitative estimate of drug-likeness (QED) is 0.728. The van der Waals surface area contributed by atoms with Crippen molar-refractivity contribution in [3.8, 4) is 0 Å². The second-order valence-corrected chi connectivity index (χ2v) is 5.54. The highest BCUT2D eigenvalue weighted by atomic mass is 14.9. The zero-order valence-corrected chi connectivity index (χ0v) is 13.1. The summed E-state index contributed by atoms with van der Waals surface area (Å²) in [4.78, 5) is 4.60. The van der Waals surface area contributed by atoms with Gasteiger partial charge in [0.15, 0.2) is 0 Å². The standard InChI is InChI=1S/C17H30N2/c1-5-8-14(4)17(18-11-6-2)12-16-10-9-15(7-3)13-19-16/h9-10,13-14,17-18H,5-8,11-12H2,1-4H3. The van der Waals surface area contributed by atoms with Crippen molar-refractivity contribution in [1.82, 2.24) is 10.3 Å². The van der Waals surface area contributed by atoms with E-state index in [-0.39, 0.29) is 0 Å². The molecule has 2 nitrogen and oxygen atoms in total. The van der Waals surface area contributed by atoms with Gasteiger partial charge in [-0.3, -0.25) is 4.98 Å². The van der Waals surface area contributed by atoms with Crippen molar-refractivity contribution in [2.45, 2.75) is 65.8 Å². The summed E-state index contributed by atoms with van der Waals surface area (Å²) in [6.07, 6.45) is 7.87. The van der Waals surface area contributed by atoms with E-state index in [1.165, 1.54) is 30.5 Å². The molecule has 0 fully saturated rings. The van der Waals surface area contributed by atoms with Crippen LogP contribution in [0.3, 0.4) is 0 Å². The summed E-state index contributed by atoms with van der Waals surface area (Å²) in [5, 5.41) is 3.69. The van der Waals surface area contributed by atoms with Gasteiger partial charge in [0.05, 0.1) is 0 Å². The lowest BCUT2D eigenvalue weighted by atomic mass is 9.93. The fourth-order valence-corrected chi connectivity index (χ4v) is 2.47. The zero-order valence-electron chi connectivity index (χ0n) is 13.1. The van der Waals surface area contributed by atoms with Crippen LogP contribution in [0, 0.1) is 5.92 Å². The fraction of sp³-hybridized carbons (Fsp3) is 0.706. The highest BCUT2D eigenvalue weighted by Gasteiger charge is 2.16. The Morgan fingerprint density at radius 1 is 1.16 bits per heavy atom. The molecule has 0 aliphatic heterocycles. The smallest absolute Gasteiger partial charge is 0.0419 e. The first kappa shape index (κ1) is 16.2. The van der Waals surface area contributed by atoms with E-state index in [0.717, 1.165) is 19.4 Å². The minimum atomic E-state index is 0.555. The molecule has 0 aromatic carbocycles. The maximum absolute atomic E-state index is 4.60. The molecule has 1 heterocycles. The SMILES string of the molecule is CCCNC(Cc1ccc(CC)cn1)C(C)CCC. The molecule has 1 aromatic rings. The lowest BCUT2D eigenvalue weighted by molar-refractivity contribution is 0.350. The second kappa shape index (κ2) is 9.08. The summed E-state index contributed by atoms with van der Waals surface area (Å²) in [5.74, 6) is 0.712. The predicted molar refractivity (Wildman–Crippen MR) is 83.5 cm³/mol. The summed E-state index contributed by atoms with van der Waals surface area (Å²) >= 11 is 0. The lowest BCUT2D eigenvalue weighted by Crippen LogP contribution is -2.37. The topological polar surface area (TPSA) is 24.9 Å². The summed E-state index contributed by atoms with van der Waals surface area (Å²) < 4.78 is 0. The first-order valence-electron chi connectivity index (χ1n) is 7.88. The third kappa shape index (κ3) is 5.73. The van der Waals surface area contributed by atoms with Crippen LogP contribution in [0.4, 0.5) is 0 Å². The van der Waals surface area contributed by atoms with Gasteiger partial charge in [0.1, 0.15) is 0 Å². The van der Waals surface area contributed by atoms with Crippen LogP contribution in [0.15, 0.2) is 18.3 Å². The normalized spacial score (nSPS) is 14.3. The van der Waals surface area contributed by atoms with Crippen LogP contribution in [-0.2, 0) is 12.8 Å². The molecule has 2 heteroatoms. The van der Waals surface area contributed by atoms with E-state index >= 15 is 0 Å².